The minimum Gasteiger partial charge on any atom is -0.333 e. The summed E-state index contributed by atoms with van der Waals surface area (Å²) in [6, 6.07) is 9.84. The fraction of sp³-hybridized carbons (Fsp3) is 0.333. The second kappa shape index (κ2) is 4.97. The maximum absolute atomic E-state index is 12.7. The van der Waals surface area contributed by atoms with Gasteiger partial charge in [-0.3, -0.25) is 9.78 Å². The number of benzene rings is 1. The van der Waals surface area contributed by atoms with Gasteiger partial charge in [-0.15, -0.1) is 0 Å². The van der Waals surface area contributed by atoms with Crippen molar-refractivity contribution < 1.29 is 4.79 Å². The van der Waals surface area contributed by atoms with E-state index in [1.165, 1.54) is 0 Å². The molecule has 1 fully saturated rings. The van der Waals surface area contributed by atoms with Crippen molar-refractivity contribution in [1.82, 2.24) is 15.2 Å². The highest BCUT2D eigenvalue weighted by molar-refractivity contribution is 6.06. The van der Waals surface area contributed by atoms with Gasteiger partial charge >= 0.3 is 0 Å². The minimum atomic E-state index is 0.104. The van der Waals surface area contributed by atoms with E-state index in [1.54, 1.807) is 6.20 Å². The largest absolute Gasteiger partial charge is 0.333 e. The number of fused-ring (bicyclic) bond motifs is 1. The summed E-state index contributed by atoms with van der Waals surface area (Å²) in [5.41, 5.74) is 1.62. The third-order valence-corrected chi connectivity index (χ3v) is 3.64. The number of nitrogens with zero attached hydrogens (tertiary/aromatic N) is 2. The maximum Gasteiger partial charge on any atom is 0.254 e. The number of para-hydroxylation sites is 1. The topological polar surface area (TPSA) is 45.2 Å². The van der Waals surface area contributed by atoms with E-state index in [9.17, 15) is 4.79 Å². The second-order valence-corrected chi connectivity index (χ2v) is 4.93. The number of carbonyl (C=O) groups excluding carboxylic acids is 1. The van der Waals surface area contributed by atoms with Crippen LogP contribution in [-0.4, -0.2) is 41.5 Å². The van der Waals surface area contributed by atoms with Crippen molar-refractivity contribution in [1.29, 1.82) is 0 Å². The van der Waals surface area contributed by atoms with Gasteiger partial charge in [-0.25, -0.2) is 0 Å². The molecule has 1 aromatic heterocycles. The van der Waals surface area contributed by atoms with Crippen LogP contribution in [0.15, 0.2) is 36.5 Å². The summed E-state index contributed by atoms with van der Waals surface area (Å²) in [5, 5.41) is 4.23. The molecule has 1 aromatic carbocycles. The van der Waals surface area contributed by atoms with Crippen molar-refractivity contribution in [3.05, 3.63) is 42.1 Å². The van der Waals surface area contributed by atoms with Crippen molar-refractivity contribution in [2.75, 3.05) is 19.6 Å². The normalized spacial score (nSPS) is 19.6. The summed E-state index contributed by atoms with van der Waals surface area (Å²) in [5.74, 6) is 0.104. The van der Waals surface area contributed by atoms with Crippen LogP contribution >= 0.6 is 0 Å². The summed E-state index contributed by atoms with van der Waals surface area (Å²) >= 11 is 0. The van der Waals surface area contributed by atoms with E-state index in [1.807, 2.05) is 35.2 Å². The summed E-state index contributed by atoms with van der Waals surface area (Å²) in [6.07, 6.45) is 1.71. The van der Waals surface area contributed by atoms with Gasteiger partial charge in [0.15, 0.2) is 0 Å². The Bertz CT molecular complexity index is 606. The van der Waals surface area contributed by atoms with Gasteiger partial charge in [-0.2, -0.15) is 0 Å². The number of piperazine rings is 1. The van der Waals surface area contributed by atoms with E-state index in [4.69, 9.17) is 0 Å². The molecule has 1 amide bonds. The zero-order chi connectivity index (χ0) is 13.2. The average molecular weight is 255 g/mol. The third kappa shape index (κ3) is 2.19. The number of carbonyl (C=O) groups is 1. The molecule has 4 heteroatoms. The summed E-state index contributed by atoms with van der Waals surface area (Å²) < 4.78 is 0. The molecule has 3 rings (SSSR count). The Kier molecular flexibility index (Phi) is 3.17. The van der Waals surface area contributed by atoms with E-state index in [0.29, 0.717) is 0 Å². The lowest BCUT2D eigenvalue weighted by Gasteiger charge is -2.34. The molecule has 1 saturated heterocycles. The Balaban J connectivity index is 2.01. The highest BCUT2D eigenvalue weighted by Crippen LogP contribution is 2.19. The first-order valence-electron chi connectivity index (χ1n) is 6.63. The van der Waals surface area contributed by atoms with Crippen molar-refractivity contribution in [2.24, 2.45) is 0 Å². The first-order chi connectivity index (χ1) is 9.27. The van der Waals surface area contributed by atoms with Crippen LogP contribution in [0.4, 0.5) is 0 Å². The average Bonchev–Trinajstić information content (AvgIpc) is 2.46. The highest BCUT2D eigenvalue weighted by Gasteiger charge is 2.25. The Hall–Kier alpha value is -1.94. The summed E-state index contributed by atoms with van der Waals surface area (Å²) in [4.78, 5) is 18.9. The van der Waals surface area contributed by atoms with Crippen LogP contribution in [0.3, 0.4) is 0 Å². The number of rotatable bonds is 1. The van der Waals surface area contributed by atoms with Gasteiger partial charge < -0.3 is 10.2 Å². The lowest BCUT2D eigenvalue weighted by atomic mass is 10.1. The highest BCUT2D eigenvalue weighted by atomic mass is 16.2. The van der Waals surface area contributed by atoms with Gasteiger partial charge in [0.05, 0.1) is 11.1 Å². The molecule has 19 heavy (non-hydrogen) atoms. The van der Waals surface area contributed by atoms with Crippen LogP contribution in [0.2, 0.25) is 0 Å². The monoisotopic (exact) mass is 255 g/mol. The van der Waals surface area contributed by atoms with Crippen molar-refractivity contribution in [3.8, 4) is 0 Å². The van der Waals surface area contributed by atoms with E-state index < -0.39 is 0 Å². The van der Waals surface area contributed by atoms with Crippen LogP contribution in [-0.2, 0) is 0 Å². The summed E-state index contributed by atoms with van der Waals surface area (Å²) in [7, 11) is 0. The molecule has 0 aliphatic carbocycles. The van der Waals surface area contributed by atoms with Gasteiger partial charge in [0, 0.05) is 37.3 Å². The van der Waals surface area contributed by atoms with Gasteiger partial charge in [0.25, 0.3) is 5.91 Å². The number of hydrogen-bond acceptors (Lipinski definition) is 3. The third-order valence-electron chi connectivity index (χ3n) is 3.64. The van der Waals surface area contributed by atoms with Crippen LogP contribution < -0.4 is 5.32 Å². The molecule has 0 unspecified atom stereocenters. The zero-order valence-electron chi connectivity index (χ0n) is 11.0. The standard InChI is InChI=1S/C15H17N3O/c1-11-10-16-8-9-18(11)15(19)13-6-7-17-14-5-3-2-4-12(13)14/h2-7,11,16H,8-10H2,1H3/t11-/m1/s1. The SMILES string of the molecule is C[C@@H]1CNCCN1C(=O)c1ccnc2ccccc12. The lowest BCUT2D eigenvalue weighted by Crippen LogP contribution is -2.52. The summed E-state index contributed by atoms with van der Waals surface area (Å²) in [6.45, 7) is 4.55. The molecule has 1 aliphatic heterocycles. The number of amides is 1. The molecule has 1 aliphatic rings. The minimum absolute atomic E-state index is 0.104. The van der Waals surface area contributed by atoms with E-state index in [-0.39, 0.29) is 11.9 Å². The molecule has 1 atom stereocenters. The quantitative estimate of drug-likeness (QED) is 0.843. The smallest absolute Gasteiger partial charge is 0.254 e. The predicted octanol–water partition coefficient (Wildman–Crippen LogP) is 1.67. The van der Waals surface area contributed by atoms with Crippen LogP contribution in [0.1, 0.15) is 17.3 Å². The Morgan fingerprint density at radius 2 is 2.21 bits per heavy atom. The van der Waals surface area contributed by atoms with E-state index in [2.05, 4.69) is 17.2 Å². The number of hydrogen-bond donors (Lipinski definition) is 1. The Labute approximate surface area is 112 Å². The molecule has 4 nitrogen and oxygen atoms in total. The molecule has 0 bridgehead atoms. The molecule has 0 radical (unpaired) electrons. The fourth-order valence-corrected chi connectivity index (χ4v) is 2.58. The van der Waals surface area contributed by atoms with E-state index in [0.717, 1.165) is 36.1 Å². The van der Waals surface area contributed by atoms with Gasteiger partial charge in [0.2, 0.25) is 0 Å². The van der Waals surface area contributed by atoms with Gasteiger partial charge in [-0.1, -0.05) is 18.2 Å². The molecular formula is C15H17N3O. The second-order valence-electron chi connectivity index (χ2n) is 4.93. The first kappa shape index (κ1) is 12.1. The first-order valence-corrected chi connectivity index (χ1v) is 6.63. The number of pyridine rings is 1. The van der Waals surface area contributed by atoms with Crippen LogP contribution in [0.25, 0.3) is 10.9 Å². The lowest BCUT2D eigenvalue weighted by molar-refractivity contribution is 0.0658. The molecule has 2 aromatic rings. The fourth-order valence-electron chi connectivity index (χ4n) is 2.58. The van der Waals surface area contributed by atoms with Gasteiger partial charge in [-0.05, 0) is 19.1 Å². The van der Waals surface area contributed by atoms with Crippen molar-refractivity contribution in [2.45, 2.75) is 13.0 Å². The Morgan fingerprint density at radius 1 is 1.37 bits per heavy atom. The van der Waals surface area contributed by atoms with E-state index >= 15 is 0 Å². The van der Waals surface area contributed by atoms with Crippen molar-refractivity contribution in [3.63, 3.8) is 0 Å². The Morgan fingerprint density at radius 3 is 3.05 bits per heavy atom. The predicted molar refractivity (Wildman–Crippen MR) is 75.1 cm³/mol. The number of aromatic nitrogens is 1. The molecule has 0 spiro atoms. The molecular weight excluding hydrogens is 238 g/mol. The van der Waals surface area contributed by atoms with Crippen LogP contribution in [0.5, 0.6) is 0 Å². The number of nitrogens with one attached hydrogen (secondary N) is 1. The maximum atomic E-state index is 12.7. The van der Waals surface area contributed by atoms with Crippen molar-refractivity contribution >= 4 is 16.8 Å². The molecule has 0 saturated carbocycles. The molecule has 1 N–H and O–H groups in total. The zero-order valence-corrected chi connectivity index (χ0v) is 11.0. The molecule has 2 heterocycles. The van der Waals surface area contributed by atoms with Gasteiger partial charge in [0.1, 0.15) is 0 Å². The molecule has 98 valence electrons. The van der Waals surface area contributed by atoms with Crippen LogP contribution in [0, 0.1) is 0 Å².